The maximum absolute atomic E-state index is 13.4. The molecule has 8 heteroatoms. The Morgan fingerprint density at radius 1 is 1.03 bits per heavy atom. The molecule has 0 aliphatic heterocycles. The molecule has 0 saturated carbocycles. The summed E-state index contributed by atoms with van der Waals surface area (Å²) in [4.78, 5) is 24.8. The van der Waals surface area contributed by atoms with E-state index in [1.807, 2.05) is 12.1 Å². The van der Waals surface area contributed by atoms with Gasteiger partial charge in [0.25, 0.3) is 5.91 Å². The molecule has 0 atom stereocenters. The van der Waals surface area contributed by atoms with Gasteiger partial charge in [0.1, 0.15) is 17.1 Å². The van der Waals surface area contributed by atoms with Crippen molar-refractivity contribution in [3.05, 3.63) is 94.6 Å². The molecule has 0 aliphatic carbocycles. The normalized spacial score (nSPS) is 10.6. The lowest BCUT2D eigenvalue weighted by Crippen LogP contribution is -2.34. The number of thiocarbonyl (C=S) groups is 1. The third-order valence-electron chi connectivity index (χ3n) is 4.71. The Labute approximate surface area is 187 Å². The number of anilines is 1. The van der Waals surface area contributed by atoms with Gasteiger partial charge >= 0.3 is 5.63 Å². The molecule has 2 N–H and O–H groups in total. The highest BCUT2D eigenvalue weighted by Gasteiger charge is 2.14. The second kappa shape index (κ2) is 8.99. The van der Waals surface area contributed by atoms with Crippen LogP contribution in [-0.4, -0.2) is 18.1 Å². The largest absolute Gasteiger partial charge is 0.495 e. The van der Waals surface area contributed by atoms with Gasteiger partial charge < -0.3 is 14.5 Å². The third-order valence-corrected chi connectivity index (χ3v) is 4.92. The van der Waals surface area contributed by atoms with Crippen LogP contribution in [-0.2, 0) is 0 Å². The number of para-hydroxylation sites is 1. The number of benzene rings is 3. The first kappa shape index (κ1) is 21.2. The zero-order chi connectivity index (χ0) is 22.7. The molecule has 0 fully saturated rings. The molecule has 4 aromatic rings. The molecule has 6 nitrogen and oxygen atoms in total. The molecule has 3 aromatic carbocycles. The van der Waals surface area contributed by atoms with Crippen molar-refractivity contribution >= 4 is 39.9 Å². The Bertz CT molecular complexity index is 1400. The fraction of sp³-hybridized carbons (Fsp3) is 0.0417. The average molecular weight is 448 g/mol. The summed E-state index contributed by atoms with van der Waals surface area (Å²) >= 11 is 5.23. The molecule has 0 bridgehead atoms. The van der Waals surface area contributed by atoms with Gasteiger partial charge in [0.2, 0.25) is 0 Å². The summed E-state index contributed by atoms with van der Waals surface area (Å²) in [5.41, 5.74) is 1.51. The monoisotopic (exact) mass is 448 g/mol. The van der Waals surface area contributed by atoms with Gasteiger partial charge in [-0.15, -0.1) is 0 Å². The first-order valence-electron chi connectivity index (χ1n) is 9.54. The molecule has 0 saturated heterocycles. The molecule has 32 heavy (non-hydrogen) atoms. The van der Waals surface area contributed by atoms with Crippen molar-refractivity contribution in [3.8, 4) is 16.9 Å². The number of carbonyl (C=O) groups excluding carboxylic acids is 1. The first-order valence-corrected chi connectivity index (χ1v) is 9.94. The molecule has 1 heterocycles. The summed E-state index contributed by atoms with van der Waals surface area (Å²) in [6, 6.07) is 19.3. The number of ether oxygens (including phenoxy) is 1. The smallest absolute Gasteiger partial charge is 0.344 e. The van der Waals surface area contributed by atoms with Crippen molar-refractivity contribution < 1.29 is 18.3 Å². The molecule has 4 rings (SSSR count). The molecule has 1 aromatic heterocycles. The summed E-state index contributed by atoms with van der Waals surface area (Å²) in [7, 11) is 1.49. The minimum atomic E-state index is -0.563. The zero-order valence-corrected chi connectivity index (χ0v) is 17.7. The van der Waals surface area contributed by atoms with Crippen molar-refractivity contribution in [1.82, 2.24) is 5.32 Å². The van der Waals surface area contributed by atoms with E-state index in [1.54, 1.807) is 36.4 Å². The Morgan fingerprint density at radius 2 is 1.84 bits per heavy atom. The van der Waals surface area contributed by atoms with Gasteiger partial charge in [0.05, 0.1) is 18.4 Å². The van der Waals surface area contributed by atoms with Crippen molar-refractivity contribution in [2.24, 2.45) is 0 Å². The van der Waals surface area contributed by atoms with Crippen molar-refractivity contribution in [1.29, 1.82) is 0 Å². The molecule has 1 amide bonds. The van der Waals surface area contributed by atoms with Crippen molar-refractivity contribution in [3.63, 3.8) is 0 Å². The fourth-order valence-corrected chi connectivity index (χ4v) is 3.40. The van der Waals surface area contributed by atoms with Crippen LogP contribution in [0.2, 0.25) is 0 Å². The molecular formula is C24H17FN2O4S. The quantitative estimate of drug-likeness (QED) is 0.347. The predicted octanol–water partition coefficient (Wildman–Crippen LogP) is 4.73. The lowest BCUT2D eigenvalue weighted by molar-refractivity contribution is 0.0977. The van der Waals surface area contributed by atoms with E-state index >= 15 is 0 Å². The van der Waals surface area contributed by atoms with Crippen LogP contribution in [0.1, 0.15) is 10.4 Å². The Hall–Kier alpha value is -4.04. The number of fused-ring (bicyclic) bond motifs is 1. The van der Waals surface area contributed by atoms with Crippen LogP contribution >= 0.6 is 12.2 Å². The van der Waals surface area contributed by atoms with E-state index in [-0.39, 0.29) is 10.7 Å². The van der Waals surface area contributed by atoms with E-state index in [4.69, 9.17) is 21.4 Å². The number of halogens is 1. The highest BCUT2D eigenvalue weighted by atomic mass is 32.1. The second-order valence-corrected chi connectivity index (χ2v) is 7.23. The standard InChI is InChI=1S/C24H17FN2O4S/c1-30-21-10-9-14(18-12-15-5-2-3-8-20(15)31-23(18)29)13-19(21)26-24(32)27-22(28)16-6-4-7-17(25)11-16/h2-13H,1H3,(H2,26,27,28,32). The van der Waals surface area contributed by atoms with Crippen LogP contribution in [0.25, 0.3) is 22.1 Å². The number of methoxy groups -OCH3 is 1. The molecule has 0 unspecified atom stereocenters. The highest BCUT2D eigenvalue weighted by molar-refractivity contribution is 7.80. The Morgan fingerprint density at radius 3 is 2.62 bits per heavy atom. The van der Waals surface area contributed by atoms with E-state index < -0.39 is 17.3 Å². The third kappa shape index (κ3) is 4.50. The number of carbonyl (C=O) groups is 1. The maximum atomic E-state index is 13.4. The summed E-state index contributed by atoms with van der Waals surface area (Å²) in [6.07, 6.45) is 0. The van der Waals surface area contributed by atoms with Gasteiger partial charge in [-0.1, -0.05) is 30.3 Å². The van der Waals surface area contributed by atoms with Gasteiger partial charge in [0.15, 0.2) is 5.11 Å². The molecular weight excluding hydrogens is 431 g/mol. The number of rotatable bonds is 4. The van der Waals surface area contributed by atoms with Gasteiger partial charge in [-0.3, -0.25) is 10.1 Å². The highest BCUT2D eigenvalue weighted by Crippen LogP contribution is 2.30. The Kier molecular flexibility index (Phi) is 5.96. The molecule has 160 valence electrons. The van der Waals surface area contributed by atoms with E-state index in [2.05, 4.69) is 10.6 Å². The van der Waals surface area contributed by atoms with E-state index in [1.165, 1.54) is 25.3 Å². The predicted molar refractivity (Wildman–Crippen MR) is 125 cm³/mol. The Balaban J connectivity index is 1.61. The van der Waals surface area contributed by atoms with E-state index in [9.17, 15) is 14.0 Å². The zero-order valence-electron chi connectivity index (χ0n) is 16.8. The van der Waals surface area contributed by atoms with Crippen molar-refractivity contribution in [2.45, 2.75) is 0 Å². The summed E-state index contributed by atoms with van der Waals surface area (Å²) < 4.78 is 24.1. The number of hydrogen-bond donors (Lipinski definition) is 2. The maximum Gasteiger partial charge on any atom is 0.344 e. The van der Waals surface area contributed by atoms with E-state index in [0.717, 1.165) is 11.5 Å². The lowest BCUT2D eigenvalue weighted by Gasteiger charge is -2.14. The van der Waals surface area contributed by atoms with Crippen LogP contribution in [0, 0.1) is 5.82 Å². The molecule has 0 spiro atoms. The topological polar surface area (TPSA) is 80.6 Å². The summed E-state index contributed by atoms with van der Waals surface area (Å²) in [5.74, 6) is -0.645. The number of hydrogen-bond acceptors (Lipinski definition) is 5. The average Bonchev–Trinajstić information content (AvgIpc) is 2.78. The van der Waals surface area contributed by atoms with Gasteiger partial charge in [-0.05, 0) is 60.2 Å². The van der Waals surface area contributed by atoms with Crippen molar-refractivity contribution in [2.75, 3.05) is 12.4 Å². The lowest BCUT2D eigenvalue weighted by atomic mass is 10.0. The van der Waals surface area contributed by atoms with Crippen LogP contribution < -0.4 is 21.0 Å². The van der Waals surface area contributed by atoms with Gasteiger partial charge in [-0.25, -0.2) is 9.18 Å². The second-order valence-electron chi connectivity index (χ2n) is 6.82. The van der Waals surface area contributed by atoms with Crippen LogP contribution in [0.5, 0.6) is 5.75 Å². The minimum Gasteiger partial charge on any atom is -0.495 e. The first-order chi connectivity index (χ1) is 15.4. The van der Waals surface area contributed by atoms with Crippen LogP contribution in [0.4, 0.5) is 10.1 Å². The van der Waals surface area contributed by atoms with Crippen LogP contribution in [0.3, 0.4) is 0 Å². The molecule has 0 radical (unpaired) electrons. The SMILES string of the molecule is COc1ccc(-c2cc3ccccc3oc2=O)cc1NC(=S)NC(=O)c1cccc(F)c1. The number of nitrogens with one attached hydrogen (secondary N) is 2. The minimum absolute atomic E-state index is 0.0137. The van der Waals surface area contributed by atoms with Gasteiger partial charge in [0, 0.05) is 10.9 Å². The fourth-order valence-electron chi connectivity index (χ4n) is 3.19. The number of amides is 1. The molecule has 0 aliphatic rings. The van der Waals surface area contributed by atoms with E-state index in [0.29, 0.717) is 28.1 Å². The summed E-state index contributed by atoms with van der Waals surface area (Å²) in [6.45, 7) is 0. The van der Waals surface area contributed by atoms with Gasteiger partial charge in [-0.2, -0.15) is 0 Å². The van der Waals surface area contributed by atoms with Crippen LogP contribution in [0.15, 0.2) is 82.0 Å². The summed E-state index contributed by atoms with van der Waals surface area (Å²) in [5, 5.41) is 6.16.